The highest BCUT2D eigenvalue weighted by atomic mass is 16.5. The van der Waals surface area contributed by atoms with Crippen LogP contribution in [0.5, 0.6) is 34.5 Å². The summed E-state index contributed by atoms with van der Waals surface area (Å²) in [5.74, 6) is -1.18. The van der Waals surface area contributed by atoms with Gasteiger partial charge in [-0.05, 0) is 12.1 Å². The van der Waals surface area contributed by atoms with Crippen LogP contribution in [0, 0.1) is 0 Å². The highest BCUT2D eigenvalue weighted by molar-refractivity contribution is 5.91. The SMILES string of the molecule is COc1cc(O)cc(-c2oc3cc(OC)c(OC)c(O)c3c(=O)c2O)c1. The van der Waals surface area contributed by atoms with E-state index in [2.05, 4.69) is 0 Å². The molecule has 8 nitrogen and oxygen atoms in total. The number of aromatic hydroxyl groups is 3. The summed E-state index contributed by atoms with van der Waals surface area (Å²) in [6, 6.07) is 5.49. The van der Waals surface area contributed by atoms with Gasteiger partial charge in [0.25, 0.3) is 0 Å². The summed E-state index contributed by atoms with van der Waals surface area (Å²) in [6.45, 7) is 0. The van der Waals surface area contributed by atoms with Gasteiger partial charge in [-0.25, -0.2) is 0 Å². The highest BCUT2D eigenvalue weighted by Gasteiger charge is 2.23. The molecule has 0 saturated carbocycles. The van der Waals surface area contributed by atoms with E-state index >= 15 is 0 Å². The molecule has 0 fully saturated rings. The fourth-order valence-electron chi connectivity index (χ4n) is 2.66. The van der Waals surface area contributed by atoms with Gasteiger partial charge in [0.05, 0.1) is 21.3 Å². The van der Waals surface area contributed by atoms with Crippen LogP contribution in [0.25, 0.3) is 22.3 Å². The minimum atomic E-state index is -0.859. The summed E-state index contributed by atoms with van der Waals surface area (Å²) in [5, 5.41) is 30.2. The third-order valence-electron chi connectivity index (χ3n) is 3.87. The second-order valence-electron chi connectivity index (χ2n) is 5.36. The number of phenolic OH excluding ortho intramolecular Hbond substituents is 2. The lowest BCUT2D eigenvalue weighted by Gasteiger charge is -2.13. The molecule has 0 aliphatic rings. The molecule has 0 amide bonds. The predicted octanol–water partition coefficient (Wildman–Crippen LogP) is 2.60. The van der Waals surface area contributed by atoms with Crippen molar-refractivity contribution in [2.45, 2.75) is 0 Å². The molecule has 0 unspecified atom stereocenters. The zero-order valence-electron chi connectivity index (χ0n) is 14.2. The first-order valence-corrected chi connectivity index (χ1v) is 7.43. The lowest BCUT2D eigenvalue weighted by molar-refractivity contribution is 0.334. The van der Waals surface area contributed by atoms with Crippen molar-refractivity contribution in [1.29, 1.82) is 0 Å². The van der Waals surface area contributed by atoms with Gasteiger partial charge in [0.15, 0.2) is 17.3 Å². The van der Waals surface area contributed by atoms with Gasteiger partial charge in [-0.3, -0.25) is 4.79 Å². The van der Waals surface area contributed by atoms with E-state index in [-0.39, 0.29) is 39.5 Å². The van der Waals surface area contributed by atoms with E-state index in [1.165, 1.54) is 45.6 Å². The summed E-state index contributed by atoms with van der Waals surface area (Å²) in [6.07, 6.45) is 0. The van der Waals surface area contributed by atoms with Gasteiger partial charge in [-0.15, -0.1) is 0 Å². The van der Waals surface area contributed by atoms with E-state index in [1.807, 2.05) is 0 Å². The Morgan fingerprint density at radius 3 is 2.23 bits per heavy atom. The summed E-state index contributed by atoms with van der Waals surface area (Å²) in [7, 11) is 4.07. The van der Waals surface area contributed by atoms with E-state index in [0.717, 1.165) is 0 Å². The maximum atomic E-state index is 12.6. The van der Waals surface area contributed by atoms with Crippen molar-refractivity contribution >= 4 is 11.0 Å². The van der Waals surface area contributed by atoms with E-state index in [9.17, 15) is 20.1 Å². The normalized spacial score (nSPS) is 10.7. The monoisotopic (exact) mass is 360 g/mol. The first kappa shape index (κ1) is 17.3. The standard InChI is InChI=1S/C18H16O8/c1-23-10-5-8(4-9(19)6-10)17-16(22)14(20)13-11(26-17)7-12(24-2)18(25-3)15(13)21/h4-7,19,21-22H,1-3H3. The average Bonchev–Trinajstić information content (AvgIpc) is 2.63. The van der Waals surface area contributed by atoms with Crippen LogP contribution in [-0.4, -0.2) is 36.6 Å². The lowest BCUT2D eigenvalue weighted by atomic mass is 10.1. The molecule has 0 aliphatic heterocycles. The second-order valence-corrected chi connectivity index (χ2v) is 5.36. The van der Waals surface area contributed by atoms with E-state index in [0.29, 0.717) is 5.75 Å². The quantitative estimate of drug-likeness (QED) is 0.650. The molecule has 3 N–H and O–H groups in total. The molecule has 0 radical (unpaired) electrons. The van der Waals surface area contributed by atoms with Crippen LogP contribution in [0.3, 0.4) is 0 Å². The van der Waals surface area contributed by atoms with Crippen LogP contribution in [0.4, 0.5) is 0 Å². The molecular weight excluding hydrogens is 344 g/mol. The van der Waals surface area contributed by atoms with Crippen molar-refractivity contribution < 1.29 is 33.9 Å². The Morgan fingerprint density at radius 1 is 0.885 bits per heavy atom. The molecule has 3 rings (SSSR count). The Labute approximate surface area is 147 Å². The molecule has 3 aromatic rings. The number of rotatable bonds is 4. The number of phenols is 2. The van der Waals surface area contributed by atoms with Crippen LogP contribution in [0.2, 0.25) is 0 Å². The molecule has 0 atom stereocenters. The van der Waals surface area contributed by atoms with Crippen molar-refractivity contribution in [3.05, 3.63) is 34.5 Å². The number of fused-ring (bicyclic) bond motifs is 1. The van der Waals surface area contributed by atoms with Crippen LogP contribution < -0.4 is 19.6 Å². The van der Waals surface area contributed by atoms with Crippen LogP contribution in [0.15, 0.2) is 33.5 Å². The molecular formula is C18H16O8. The molecule has 0 saturated heterocycles. The Balaban J connectivity index is 2.38. The second kappa shape index (κ2) is 6.40. The van der Waals surface area contributed by atoms with Crippen molar-refractivity contribution in [3.63, 3.8) is 0 Å². The first-order valence-electron chi connectivity index (χ1n) is 7.43. The zero-order valence-corrected chi connectivity index (χ0v) is 14.2. The maximum absolute atomic E-state index is 12.6. The van der Waals surface area contributed by atoms with Gasteiger partial charge >= 0.3 is 0 Å². The summed E-state index contributed by atoms with van der Waals surface area (Å²) < 4.78 is 20.9. The molecule has 0 bridgehead atoms. The third-order valence-corrected chi connectivity index (χ3v) is 3.87. The molecule has 1 heterocycles. The van der Waals surface area contributed by atoms with Crippen LogP contribution in [0.1, 0.15) is 0 Å². The molecule has 26 heavy (non-hydrogen) atoms. The molecule has 136 valence electrons. The Bertz CT molecular complexity index is 1050. The lowest BCUT2D eigenvalue weighted by Crippen LogP contribution is -2.04. The number of methoxy groups -OCH3 is 3. The molecule has 0 spiro atoms. The van der Waals surface area contributed by atoms with E-state index in [1.54, 1.807) is 0 Å². The average molecular weight is 360 g/mol. The van der Waals surface area contributed by atoms with Gasteiger partial charge < -0.3 is 33.9 Å². The fourth-order valence-corrected chi connectivity index (χ4v) is 2.66. The topological polar surface area (TPSA) is 119 Å². The fraction of sp³-hybridized carbons (Fsp3) is 0.167. The highest BCUT2D eigenvalue weighted by Crippen LogP contribution is 2.44. The third kappa shape index (κ3) is 2.61. The van der Waals surface area contributed by atoms with Crippen molar-refractivity contribution in [3.8, 4) is 45.8 Å². The Kier molecular flexibility index (Phi) is 4.25. The van der Waals surface area contributed by atoms with Gasteiger partial charge in [0.2, 0.25) is 16.9 Å². The maximum Gasteiger partial charge on any atom is 0.238 e. The minimum Gasteiger partial charge on any atom is -0.508 e. The molecule has 2 aromatic carbocycles. The zero-order chi connectivity index (χ0) is 19.0. The van der Waals surface area contributed by atoms with Crippen molar-refractivity contribution in [2.24, 2.45) is 0 Å². The number of hydrogen-bond acceptors (Lipinski definition) is 8. The Morgan fingerprint density at radius 2 is 1.62 bits per heavy atom. The molecule has 0 aliphatic carbocycles. The van der Waals surface area contributed by atoms with Crippen LogP contribution >= 0.6 is 0 Å². The summed E-state index contributed by atoms with van der Waals surface area (Å²) >= 11 is 0. The molecule has 8 heteroatoms. The number of hydrogen-bond donors (Lipinski definition) is 3. The van der Waals surface area contributed by atoms with Gasteiger partial charge in [0.1, 0.15) is 22.5 Å². The van der Waals surface area contributed by atoms with E-state index in [4.69, 9.17) is 18.6 Å². The predicted molar refractivity (Wildman–Crippen MR) is 92.6 cm³/mol. The summed E-state index contributed by atoms with van der Waals surface area (Å²) in [5.41, 5.74) is -0.671. The Hall–Kier alpha value is -3.55. The van der Waals surface area contributed by atoms with Gasteiger partial charge in [0, 0.05) is 17.7 Å². The van der Waals surface area contributed by atoms with E-state index < -0.39 is 16.9 Å². The molecule has 1 aromatic heterocycles. The smallest absolute Gasteiger partial charge is 0.238 e. The number of benzene rings is 2. The number of ether oxygens (including phenoxy) is 3. The van der Waals surface area contributed by atoms with Crippen molar-refractivity contribution in [1.82, 2.24) is 0 Å². The largest absolute Gasteiger partial charge is 0.508 e. The first-order chi connectivity index (χ1) is 12.4. The van der Waals surface area contributed by atoms with Gasteiger partial charge in [-0.2, -0.15) is 0 Å². The van der Waals surface area contributed by atoms with Gasteiger partial charge in [-0.1, -0.05) is 0 Å². The van der Waals surface area contributed by atoms with Crippen LogP contribution in [-0.2, 0) is 0 Å². The summed E-state index contributed by atoms with van der Waals surface area (Å²) in [4.78, 5) is 12.6. The minimum absolute atomic E-state index is 0.0275. The van der Waals surface area contributed by atoms with Crippen molar-refractivity contribution in [2.75, 3.05) is 21.3 Å².